The Morgan fingerprint density at radius 1 is 1.17 bits per heavy atom. The van der Waals surface area contributed by atoms with Gasteiger partial charge in [0.25, 0.3) is 0 Å². The van der Waals surface area contributed by atoms with E-state index in [2.05, 4.69) is 0 Å². The van der Waals surface area contributed by atoms with Gasteiger partial charge in [-0.25, -0.2) is 4.79 Å². The first-order chi connectivity index (χ1) is 10.8. The van der Waals surface area contributed by atoms with E-state index in [1.807, 2.05) is 0 Å². The number of ether oxygens (including phenoxy) is 1. The molecule has 0 aliphatic rings. The second-order valence-corrected chi connectivity index (χ2v) is 5.24. The third kappa shape index (κ3) is 4.89. The van der Waals surface area contributed by atoms with Crippen molar-refractivity contribution in [1.82, 2.24) is 0 Å². The lowest BCUT2D eigenvalue weighted by molar-refractivity contribution is -0.145. The van der Waals surface area contributed by atoms with Crippen LogP contribution in [0.1, 0.15) is 11.1 Å². The van der Waals surface area contributed by atoms with Gasteiger partial charge in [-0.05, 0) is 35.9 Å². The van der Waals surface area contributed by atoms with Crippen LogP contribution >= 0.6 is 11.6 Å². The Labute approximate surface area is 135 Å². The Hall–Kier alpha value is -2.21. The Morgan fingerprint density at radius 3 is 2.39 bits per heavy atom. The summed E-state index contributed by atoms with van der Waals surface area (Å²) in [4.78, 5) is 11.3. The molecule has 122 valence electrons. The fourth-order valence-corrected chi connectivity index (χ4v) is 2.05. The number of halogens is 4. The Morgan fingerprint density at radius 2 is 1.83 bits per heavy atom. The summed E-state index contributed by atoms with van der Waals surface area (Å²) in [6.45, 7) is 0. The van der Waals surface area contributed by atoms with Crippen LogP contribution in [-0.4, -0.2) is 17.2 Å². The van der Waals surface area contributed by atoms with Crippen LogP contribution in [0.2, 0.25) is 5.02 Å². The van der Waals surface area contributed by atoms with Gasteiger partial charge in [0, 0.05) is 11.4 Å². The average molecular weight is 345 g/mol. The maximum absolute atomic E-state index is 12.7. The molecule has 2 rings (SSSR count). The highest BCUT2D eigenvalue weighted by Crippen LogP contribution is 2.31. The van der Waals surface area contributed by atoms with Crippen molar-refractivity contribution < 1.29 is 27.8 Å². The van der Waals surface area contributed by atoms with Crippen LogP contribution in [0.5, 0.6) is 5.75 Å². The van der Waals surface area contributed by atoms with Crippen molar-refractivity contribution in [1.29, 1.82) is 0 Å². The lowest BCUT2D eigenvalue weighted by atomic mass is 10.1. The molecule has 0 amide bonds. The third-order valence-corrected chi connectivity index (χ3v) is 3.30. The van der Waals surface area contributed by atoms with Gasteiger partial charge in [-0.2, -0.15) is 13.2 Å². The van der Waals surface area contributed by atoms with Gasteiger partial charge >= 0.3 is 12.1 Å². The first-order valence-corrected chi connectivity index (χ1v) is 6.94. The van der Waals surface area contributed by atoms with Gasteiger partial charge < -0.3 is 9.84 Å². The summed E-state index contributed by atoms with van der Waals surface area (Å²) in [6.07, 6.45) is -5.82. The normalized spacial score (nSPS) is 12.7. The molecule has 0 saturated carbocycles. The zero-order chi connectivity index (χ0) is 17.0. The summed E-state index contributed by atoms with van der Waals surface area (Å²) in [6, 6.07) is 10.6. The lowest BCUT2D eigenvalue weighted by Crippen LogP contribution is -2.29. The topological polar surface area (TPSA) is 46.5 Å². The lowest BCUT2D eigenvalue weighted by Gasteiger charge is -2.16. The predicted octanol–water partition coefficient (Wildman–Crippen LogP) is 4.43. The minimum absolute atomic E-state index is 0.00273. The fraction of sp³-hybridized carbons (Fsp3) is 0.188. The molecule has 0 radical (unpaired) electrons. The molecule has 23 heavy (non-hydrogen) atoms. The molecule has 2 aromatic rings. The number of hydrogen-bond donors (Lipinski definition) is 1. The van der Waals surface area contributed by atoms with Crippen molar-refractivity contribution in [2.75, 3.05) is 0 Å². The van der Waals surface area contributed by atoms with Gasteiger partial charge in [0.2, 0.25) is 0 Å². The molecule has 1 atom stereocenters. The highest BCUT2D eigenvalue weighted by atomic mass is 35.5. The molecule has 2 aromatic carbocycles. The summed E-state index contributed by atoms with van der Waals surface area (Å²) in [5, 5.41) is 9.71. The predicted molar refractivity (Wildman–Crippen MR) is 78.7 cm³/mol. The van der Waals surface area contributed by atoms with Crippen molar-refractivity contribution in [3.63, 3.8) is 0 Å². The van der Waals surface area contributed by atoms with Gasteiger partial charge in [0.05, 0.1) is 5.56 Å². The zero-order valence-electron chi connectivity index (χ0n) is 11.7. The molecule has 1 N–H and O–H groups in total. The molecule has 0 fully saturated rings. The SMILES string of the molecule is O=C(O)[C@@H](Cc1ccc(Cl)cc1)Oc1cccc(C(F)(F)F)c1. The van der Waals surface area contributed by atoms with E-state index < -0.39 is 23.8 Å². The monoisotopic (exact) mass is 344 g/mol. The summed E-state index contributed by atoms with van der Waals surface area (Å²) in [5.74, 6) is -1.42. The summed E-state index contributed by atoms with van der Waals surface area (Å²) < 4.78 is 43.2. The quantitative estimate of drug-likeness (QED) is 0.872. The number of alkyl halides is 3. The maximum atomic E-state index is 12.7. The van der Waals surface area contributed by atoms with Crippen LogP contribution in [0, 0.1) is 0 Å². The van der Waals surface area contributed by atoms with Crippen LogP contribution in [0.3, 0.4) is 0 Å². The van der Waals surface area contributed by atoms with Crippen LogP contribution in [-0.2, 0) is 17.4 Å². The number of carboxylic acid groups (broad SMARTS) is 1. The molecular formula is C16H12ClF3O3. The molecule has 0 saturated heterocycles. The number of carbonyl (C=O) groups is 1. The fourth-order valence-electron chi connectivity index (χ4n) is 1.92. The van der Waals surface area contributed by atoms with E-state index in [1.165, 1.54) is 12.1 Å². The van der Waals surface area contributed by atoms with Gasteiger partial charge in [-0.3, -0.25) is 0 Å². The molecule has 0 aliphatic heterocycles. The smallest absolute Gasteiger partial charge is 0.416 e. The largest absolute Gasteiger partial charge is 0.478 e. The third-order valence-electron chi connectivity index (χ3n) is 3.05. The van der Waals surface area contributed by atoms with E-state index in [1.54, 1.807) is 24.3 Å². The van der Waals surface area contributed by atoms with E-state index >= 15 is 0 Å². The first kappa shape index (κ1) is 17.1. The molecule has 0 heterocycles. The van der Waals surface area contributed by atoms with E-state index in [0.717, 1.165) is 12.1 Å². The molecule has 0 spiro atoms. The molecule has 0 aliphatic carbocycles. The van der Waals surface area contributed by atoms with Crippen LogP contribution < -0.4 is 4.74 Å². The Bertz CT molecular complexity index is 684. The Balaban J connectivity index is 2.16. The van der Waals surface area contributed by atoms with Crippen molar-refractivity contribution in [2.24, 2.45) is 0 Å². The molecular weight excluding hydrogens is 333 g/mol. The highest BCUT2D eigenvalue weighted by molar-refractivity contribution is 6.30. The van der Waals surface area contributed by atoms with Crippen molar-refractivity contribution in [3.05, 3.63) is 64.7 Å². The molecule has 3 nitrogen and oxygen atoms in total. The average Bonchev–Trinajstić information content (AvgIpc) is 2.48. The van der Waals surface area contributed by atoms with Crippen molar-refractivity contribution in [2.45, 2.75) is 18.7 Å². The molecule has 0 unspecified atom stereocenters. The molecule has 0 bridgehead atoms. The van der Waals surface area contributed by atoms with E-state index in [0.29, 0.717) is 10.6 Å². The zero-order valence-corrected chi connectivity index (χ0v) is 12.4. The van der Waals surface area contributed by atoms with Crippen molar-refractivity contribution in [3.8, 4) is 5.75 Å². The second kappa shape index (κ2) is 6.91. The van der Waals surface area contributed by atoms with Crippen LogP contribution in [0.15, 0.2) is 48.5 Å². The number of benzene rings is 2. The summed E-state index contributed by atoms with van der Waals surface area (Å²) >= 11 is 5.75. The number of aliphatic carboxylic acids is 1. The van der Waals surface area contributed by atoms with Crippen LogP contribution in [0.4, 0.5) is 13.2 Å². The Kier molecular flexibility index (Phi) is 5.15. The van der Waals surface area contributed by atoms with Crippen LogP contribution in [0.25, 0.3) is 0 Å². The van der Waals surface area contributed by atoms with Crippen molar-refractivity contribution >= 4 is 17.6 Å². The minimum atomic E-state index is -4.52. The maximum Gasteiger partial charge on any atom is 0.416 e. The first-order valence-electron chi connectivity index (χ1n) is 6.57. The van der Waals surface area contributed by atoms with Gasteiger partial charge in [-0.1, -0.05) is 29.8 Å². The highest BCUT2D eigenvalue weighted by Gasteiger charge is 2.31. The summed E-state index contributed by atoms with van der Waals surface area (Å²) in [7, 11) is 0. The standard InChI is InChI=1S/C16H12ClF3O3/c17-12-6-4-10(5-7-12)8-14(15(21)22)23-13-3-1-2-11(9-13)16(18,19)20/h1-7,9,14H,8H2,(H,21,22)/t14-/m1/s1. The molecule has 0 aromatic heterocycles. The van der Waals surface area contributed by atoms with Gasteiger partial charge in [0.15, 0.2) is 6.10 Å². The number of carboxylic acids is 1. The number of rotatable bonds is 5. The summed E-state index contributed by atoms with van der Waals surface area (Å²) in [5.41, 5.74) is -0.251. The van der Waals surface area contributed by atoms with Gasteiger partial charge in [-0.15, -0.1) is 0 Å². The minimum Gasteiger partial charge on any atom is -0.478 e. The van der Waals surface area contributed by atoms with E-state index in [9.17, 15) is 23.1 Å². The van der Waals surface area contributed by atoms with E-state index in [4.69, 9.17) is 16.3 Å². The second-order valence-electron chi connectivity index (χ2n) is 4.80. The van der Waals surface area contributed by atoms with E-state index in [-0.39, 0.29) is 12.2 Å². The molecule has 7 heteroatoms. The number of hydrogen-bond acceptors (Lipinski definition) is 2. The van der Waals surface area contributed by atoms with Gasteiger partial charge in [0.1, 0.15) is 5.75 Å².